The van der Waals surface area contributed by atoms with Crippen LogP contribution < -0.4 is 5.69 Å². The highest BCUT2D eigenvalue weighted by atomic mass is 16.2. The first-order chi connectivity index (χ1) is 12.5. The molecule has 0 spiro atoms. The molecule has 1 unspecified atom stereocenters. The van der Waals surface area contributed by atoms with Crippen LogP contribution in [0.5, 0.6) is 0 Å². The number of aromatic nitrogens is 5. The number of nitrogens with zero attached hydrogens (tertiary/aromatic N) is 5. The summed E-state index contributed by atoms with van der Waals surface area (Å²) in [5.41, 5.74) is 3.11. The van der Waals surface area contributed by atoms with Crippen LogP contribution in [0.25, 0.3) is 0 Å². The van der Waals surface area contributed by atoms with E-state index in [1.165, 1.54) is 5.56 Å². The number of hydrogen-bond donors (Lipinski definition) is 1. The van der Waals surface area contributed by atoms with Crippen molar-refractivity contribution in [3.63, 3.8) is 0 Å². The smallest absolute Gasteiger partial charge is 0.340 e. The molecule has 142 valence electrons. The van der Waals surface area contributed by atoms with Gasteiger partial charge in [0.25, 0.3) is 0 Å². The maximum atomic E-state index is 12.8. The molecule has 1 amide bonds. The van der Waals surface area contributed by atoms with Gasteiger partial charge in [0.2, 0.25) is 5.91 Å². The molecule has 0 aromatic carbocycles. The average Bonchev–Trinajstić information content (AvgIpc) is 3.14. The Morgan fingerprint density at radius 2 is 2.08 bits per heavy atom. The fourth-order valence-corrected chi connectivity index (χ4v) is 3.99. The maximum Gasteiger partial charge on any atom is 0.343 e. The maximum absolute atomic E-state index is 12.8. The van der Waals surface area contributed by atoms with Crippen LogP contribution in [0.15, 0.2) is 4.79 Å². The van der Waals surface area contributed by atoms with Gasteiger partial charge in [-0.2, -0.15) is 10.2 Å². The van der Waals surface area contributed by atoms with Gasteiger partial charge in [0.1, 0.15) is 12.4 Å². The number of aryl methyl sites for hydroxylation is 1. The average molecular weight is 360 g/mol. The number of hydrogen-bond acceptors (Lipinski definition) is 4. The molecule has 0 aliphatic carbocycles. The van der Waals surface area contributed by atoms with Gasteiger partial charge >= 0.3 is 5.69 Å². The highest BCUT2D eigenvalue weighted by Crippen LogP contribution is 2.25. The van der Waals surface area contributed by atoms with E-state index in [0.29, 0.717) is 13.1 Å². The first-order valence-electron chi connectivity index (χ1n) is 9.41. The summed E-state index contributed by atoms with van der Waals surface area (Å²) in [6.45, 7) is 10.2. The van der Waals surface area contributed by atoms with Crippen molar-refractivity contribution in [3.8, 4) is 0 Å². The Labute approximate surface area is 153 Å². The quantitative estimate of drug-likeness (QED) is 0.872. The van der Waals surface area contributed by atoms with E-state index in [1.54, 1.807) is 4.57 Å². The number of likely N-dealkylation sites (tertiary alicyclic amines) is 1. The number of amides is 1. The summed E-state index contributed by atoms with van der Waals surface area (Å²) in [5, 5.41) is 11.3. The Hall–Kier alpha value is -2.38. The van der Waals surface area contributed by atoms with E-state index in [1.807, 2.05) is 30.4 Å². The summed E-state index contributed by atoms with van der Waals surface area (Å²) in [4.78, 5) is 26.5. The van der Waals surface area contributed by atoms with Crippen LogP contribution >= 0.6 is 0 Å². The van der Waals surface area contributed by atoms with Gasteiger partial charge in [-0.1, -0.05) is 6.92 Å². The molecule has 1 atom stereocenters. The van der Waals surface area contributed by atoms with Crippen LogP contribution in [0, 0.1) is 13.8 Å². The monoisotopic (exact) mass is 360 g/mol. The first-order valence-corrected chi connectivity index (χ1v) is 9.41. The van der Waals surface area contributed by atoms with Gasteiger partial charge in [-0.25, -0.2) is 9.89 Å². The van der Waals surface area contributed by atoms with Gasteiger partial charge in [0.05, 0.1) is 5.69 Å². The van der Waals surface area contributed by atoms with Gasteiger partial charge in [-0.15, -0.1) is 0 Å². The Bertz CT molecular complexity index is 846. The third-order valence-electron chi connectivity index (χ3n) is 5.41. The molecule has 2 aromatic rings. The van der Waals surface area contributed by atoms with Crippen molar-refractivity contribution in [2.24, 2.45) is 0 Å². The Morgan fingerprint density at radius 3 is 2.73 bits per heavy atom. The second-order valence-corrected chi connectivity index (χ2v) is 6.97. The third kappa shape index (κ3) is 3.32. The molecule has 26 heavy (non-hydrogen) atoms. The second kappa shape index (κ2) is 7.47. The normalized spacial score (nSPS) is 17.7. The van der Waals surface area contributed by atoms with Crippen molar-refractivity contribution < 1.29 is 4.79 Å². The van der Waals surface area contributed by atoms with Crippen LogP contribution in [0.1, 0.15) is 55.4 Å². The summed E-state index contributed by atoms with van der Waals surface area (Å²) < 4.78 is 3.48. The van der Waals surface area contributed by atoms with Crippen molar-refractivity contribution in [2.75, 3.05) is 13.1 Å². The Kier molecular flexibility index (Phi) is 5.29. The van der Waals surface area contributed by atoms with Crippen molar-refractivity contribution in [1.82, 2.24) is 29.4 Å². The molecule has 1 fully saturated rings. The molecule has 3 rings (SSSR count). The number of carbonyl (C=O) groups excluding carboxylic acids is 1. The lowest BCUT2D eigenvalue weighted by atomic mass is 9.97. The zero-order chi connectivity index (χ0) is 18.8. The van der Waals surface area contributed by atoms with Crippen LogP contribution in [0.4, 0.5) is 0 Å². The number of rotatable bonds is 5. The number of aromatic amines is 1. The van der Waals surface area contributed by atoms with E-state index < -0.39 is 0 Å². The number of carbonyl (C=O) groups is 1. The molecule has 1 aliphatic rings. The van der Waals surface area contributed by atoms with Gasteiger partial charge in [0, 0.05) is 31.2 Å². The predicted molar refractivity (Wildman–Crippen MR) is 98.2 cm³/mol. The van der Waals surface area contributed by atoms with Crippen LogP contribution in [0.2, 0.25) is 0 Å². The van der Waals surface area contributed by atoms with E-state index in [4.69, 9.17) is 0 Å². The summed E-state index contributed by atoms with van der Waals surface area (Å²) >= 11 is 0. The highest BCUT2D eigenvalue weighted by molar-refractivity contribution is 5.76. The SMILES string of the molecule is CCc1c(C)nn(CC(=O)N2CCCC(c3n[nH]c(=O)n3CC)C2)c1C. The molecule has 3 heterocycles. The third-order valence-corrected chi connectivity index (χ3v) is 5.41. The lowest BCUT2D eigenvalue weighted by molar-refractivity contribution is -0.133. The van der Waals surface area contributed by atoms with E-state index in [-0.39, 0.29) is 24.1 Å². The van der Waals surface area contributed by atoms with E-state index in [0.717, 1.165) is 43.0 Å². The Balaban J connectivity index is 1.73. The molecular weight excluding hydrogens is 332 g/mol. The van der Waals surface area contributed by atoms with Gasteiger partial charge < -0.3 is 4.90 Å². The summed E-state index contributed by atoms with van der Waals surface area (Å²) in [6, 6.07) is 0. The molecule has 1 aliphatic heterocycles. The van der Waals surface area contributed by atoms with Gasteiger partial charge in [-0.05, 0) is 45.6 Å². The molecule has 2 aromatic heterocycles. The van der Waals surface area contributed by atoms with E-state index in [2.05, 4.69) is 22.2 Å². The largest absolute Gasteiger partial charge is 0.343 e. The van der Waals surface area contributed by atoms with Crippen LogP contribution in [0.3, 0.4) is 0 Å². The summed E-state index contributed by atoms with van der Waals surface area (Å²) in [6.07, 6.45) is 2.78. The van der Waals surface area contributed by atoms with E-state index in [9.17, 15) is 9.59 Å². The molecule has 0 radical (unpaired) electrons. The topological polar surface area (TPSA) is 88.8 Å². The van der Waals surface area contributed by atoms with Crippen LogP contribution in [-0.4, -0.2) is 48.4 Å². The standard InChI is InChI=1S/C18H28N6O2/c1-5-15-12(3)21-24(13(15)4)11-16(25)22-9-7-8-14(10-22)17-19-20-18(26)23(17)6-2/h14H,5-11H2,1-4H3,(H,20,26). The van der Waals surface area contributed by atoms with Crippen molar-refractivity contribution in [2.45, 2.75) is 66.0 Å². The van der Waals surface area contributed by atoms with Crippen molar-refractivity contribution in [1.29, 1.82) is 0 Å². The van der Waals surface area contributed by atoms with Gasteiger partial charge in [0.15, 0.2) is 0 Å². The van der Waals surface area contributed by atoms with Crippen molar-refractivity contribution in [3.05, 3.63) is 33.3 Å². The second-order valence-electron chi connectivity index (χ2n) is 6.97. The predicted octanol–water partition coefficient (Wildman–Crippen LogP) is 1.37. The van der Waals surface area contributed by atoms with Crippen molar-refractivity contribution >= 4 is 5.91 Å². The first kappa shape index (κ1) is 18.4. The molecular formula is C18H28N6O2. The summed E-state index contributed by atoms with van der Waals surface area (Å²) in [5.74, 6) is 0.927. The molecule has 1 N–H and O–H groups in total. The minimum absolute atomic E-state index is 0.0730. The van der Waals surface area contributed by atoms with E-state index >= 15 is 0 Å². The minimum atomic E-state index is -0.180. The fourth-order valence-electron chi connectivity index (χ4n) is 3.99. The molecule has 0 saturated carbocycles. The number of H-pyrrole nitrogens is 1. The highest BCUT2D eigenvalue weighted by Gasteiger charge is 2.28. The Morgan fingerprint density at radius 1 is 1.31 bits per heavy atom. The molecule has 0 bridgehead atoms. The lowest BCUT2D eigenvalue weighted by Gasteiger charge is -2.32. The minimum Gasteiger partial charge on any atom is -0.340 e. The lowest BCUT2D eigenvalue weighted by Crippen LogP contribution is -2.41. The van der Waals surface area contributed by atoms with Crippen LogP contribution in [-0.2, 0) is 24.3 Å². The van der Waals surface area contributed by atoms with Gasteiger partial charge in [-0.3, -0.25) is 14.0 Å². The number of piperidine rings is 1. The molecule has 8 heteroatoms. The zero-order valence-corrected chi connectivity index (χ0v) is 16.1. The zero-order valence-electron chi connectivity index (χ0n) is 16.1. The molecule has 1 saturated heterocycles. The fraction of sp³-hybridized carbons (Fsp3) is 0.667. The number of nitrogens with one attached hydrogen (secondary N) is 1. The molecule has 8 nitrogen and oxygen atoms in total. The summed E-state index contributed by atoms with van der Waals surface area (Å²) in [7, 11) is 0.